The minimum absolute atomic E-state index is 0.348. The fourth-order valence-corrected chi connectivity index (χ4v) is 2.82. The summed E-state index contributed by atoms with van der Waals surface area (Å²) in [4.78, 5) is 0. The Kier molecular flexibility index (Phi) is 2.46. The Labute approximate surface area is 75.8 Å². The number of rotatable bonds is 3. The van der Waals surface area contributed by atoms with Gasteiger partial charge in [0.2, 0.25) is 0 Å². The summed E-state index contributed by atoms with van der Waals surface area (Å²) in [5, 5.41) is 8.63. The molecule has 0 aliphatic heterocycles. The zero-order valence-electron chi connectivity index (χ0n) is 8.48. The Morgan fingerprint density at radius 3 is 2.08 bits per heavy atom. The highest BCUT2D eigenvalue weighted by molar-refractivity contribution is 5.02. The summed E-state index contributed by atoms with van der Waals surface area (Å²) in [6, 6.07) is 2.30. The molecule has 0 amide bonds. The van der Waals surface area contributed by atoms with E-state index in [1.807, 2.05) is 0 Å². The van der Waals surface area contributed by atoms with Crippen molar-refractivity contribution in [2.24, 2.45) is 10.8 Å². The van der Waals surface area contributed by atoms with E-state index >= 15 is 0 Å². The zero-order valence-corrected chi connectivity index (χ0v) is 8.48. The summed E-state index contributed by atoms with van der Waals surface area (Å²) in [7, 11) is 0. The Balaban J connectivity index is 2.49. The molecule has 1 aliphatic carbocycles. The quantitative estimate of drug-likeness (QED) is 0.627. The number of nitriles is 1. The maximum Gasteiger partial charge on any atom is 0.0627 e. The molecule has 1 aliphatic rings. The number of hydrogen-bond acceptors (Lipinski definition) is 1. The molecule has 1 nitrogen and oxygen atoms in total. The standard InChI is InChI=1S/C11H19N/c1-4-11(5-2)8-10(3,9-11)6-7-12/h4-6,8-9H2,1-3H3. The van der Waals surface area contributed by atoms with Crippen LogP contribution in [0.2, 0.25) is 0 Å². The smallest absolute Gasteiger partial charge is 0.0627 e. The molecular weight excluding hydrogens is 146 g/mol. The van der Waals surface area contributed by atoms with Crippen molar-refractivity contribution in [2.75, 3.05) is 0 Å². The topological polar surface area (TPSA) is 23.8 Å². The van der Waals surface area contributed by atoms with E-state index in [0.717, 1.165) is 6.42 Å². The lowest BCUT2D eigenvalue weighted by Crippen LogP contribution is -2.43. The van der Waals surface area contributed by atoms with E-state index in [-0.39, 0.29) is 0 Å². The van der Waals surface area contributed by atoms with Crippen molar-refractivity contribution in [3.05, 3.63) is 0 Å². The number of hydrogen-bond donors (Lipinski definition) is 0. The van der Waals surface area contributed by atoms with Gasteiger partial charge in [-0.1, -0.05) is 33.6 Å². The van der Waals surface area contributed by atoms with Crippen molar-refractivity contribution in [3.8, 4) is 6.07 Å². The van der Waals surface area contributed by atoms with Gasteiger partial charge < -0.3 is 0 Å². The molecule has 12 heavy (non-hydrogen) atoms. The summed E-state index contributed by atoms with van der Waals surface area (Å²) in [5.41, 5.74) is 0.937. The van der Waals surface area contributed by atoms with Crippen LogP contribution in [0.15, 0.2) is 0 Å². The van der Waals surface area contributed by atoms with Gasteiger partial charge in [0.15, 0.2) is 0 Å². The first-order valence-electron chi connectivity index (χ1n) is 4.97. The second-order valence-corrected chi connectivity index (χ2v) is 4.71. The van der Waals surface area contributed by atoms with Crippen LogP contribution in [-0.2, 0) is 0 Å². The maximum atomic E-state index is 8.63. The Morgan fingerprint density at radius 1 is 1.25 bits per heavy atom. The second-order valence-electron chi connectivity index (χ2n) is 4.71. The Morgan fingerprint density at radius 2 is 1.75 bits per heavy atom. The van der Waals surface area contributed by atoms with Gasteiger partial charge in [-0.2, -0.15) is 5.26 Å². The van der Waals surface area contributed by atoms with Crippen molar-refractivity contribution < 1.29 is 0 Å². The van der Waals surface area contributed by atoms with Crippen LogP contribution in [0.25, 0.3) is 0 Å². The predicted octanol–water partition coefficient (Wildman–Crippen LogP) is 3.51. The van der Waals surface area contributed by atoms with E-state index in [1.54, 1.807) is 0 Å². The van der Waals surface area contributed by atoms with Crippen molar-refractivity contribution >= 4 is 0 Å². The van der Waals surface area contributed by atoms with Crippen LogP contribution in [0.3, 0.4) is 0 Å². The second kappa shape index (κ2) is 3.09. The van der Waals surface area contributed by atoms with E-state index in [4.69, 9.17) is 5.26 Å². The molecule has 0 aromatic heterocycles. The van der Waals surface area contributed by atoms with Gasteiger partial charge in [-0.25, -0.2) is 0 Å². The lowest BCUT2D eigenvalue weighted by Gasteiger charge is -2.54. The average molecular weight is 165 g/mol. The molecule has 0 radical (unpaired) electrons. The van der Waals surface area contributed by atoms with E-state index < -0.39 is 0 Å². The summed E-state index contributed by atoms with van der Waals surface area (Å²) in [6.07, 6.45) is 5.84. The molecule has 0 saturated heterocycles. The van der Waals surface area contributed by atoms with Crippen molar-refractivity contribution in [1.82, 2.24) is 0 Å². The molecule has 0 heterocycles. The van der Waals surface area contributed by atoms with E-state index in [2.05, 4.69) is 26.8 Å². The monoisotopic (exact) mass is 165 g/mol. The molecular formula is C11H19N. The summed E-state index contributed by atoms with van der Waals surface area (Å²) in [6.45, 7) is 6.80. The fourth-order valence-electron chi connectivity index (χ4n) is 2.82. The maximum absolute atomic E-state index is 8.63. The van der Waals surface area contributed by atoms with E-state index in [1.165, 1.54) is 25.7 Å². The molecule has 0 N–H and O–H groups in total. The SMILES string of the molecule is CCC1(CC)CC(C)(CC#N)C1. The van der Waals surface area contributed by atoms with Gasteiger partial charge >= 0.3 is 0 Å². The molecule has 1 rings (SSSR count). The van der Waals surface area contributed by atoms with Crippen LogP contribution in [-0.4, -0.2) is 0 Å². The highest BCUT2D eigenvalue weighted by atomic mass is 14.5. The molecule has 0 bridgehead atoms. The highest BCUT2D eigenvalue weighted by Crippen LogP contribution is 2.59. The van der Waals surface area contributed by atoms with Crippen LogP contribution >= 0.6 is 0 Å². The van der Waals surface area contributed by atoms with Crippen molar-refractivity contribution in [3.63, 3.8) is 0 Å². The van der Waals surface area contributed by atoms with E-state index in [0.29, 0.717) is 10.8 Å². The lowest BCUT2D eigenvalue weighted by atomic mass is 9.50. The van der Waals surface area contributed by atoms with Crippen molar-refractivity contribution in [2.45, 2.75) is 52.9 Å². The van der Waals surface area contributed by atoms with Gasteiger partial charge in [-0.05, 0) is 23.7 Å². The Bertz CT molecular complexity index is 188. The first-order chi connectivity index (χ1) is 5.60. The van der Waals surface area contributed by atoms with Crippen LogP contribution in [0.4, 0.5) is 0 Å². The van der Waals surface area contributed by atoms with Gasteiger partial charge in [0.25, 0.3) is 0 Å². The third-order valence-corrected chi connectivity index (χ3v) is 3.61. The highest BCUT2D eigenvalue weighted by Gasteiger charge is 2.48. The Hall–Kier alpha value is -0.510. The number of nitrogens with zero attached hydrogens (tertiary/aromatic N) is 1. The van der Waals surface area contributed by atoms with E-state index in [9.17, 15) is 0 Å². The summed E-state index contributed by atoms with van der Waals surface area (Å²) < 4.78 is 0. The van der Waals surface area contributed by atoms with Crippen LogP contribution in [0, 0.1) is 22.2 Å². The normalized spacial score (nSPS) is 24.2. The molecule has 0 spiro atoms. The van der Waals surface area contributed by atoms with Crippen LogP contribution in [0.1, 0.15) is 52.9 Å². The molecule has 68 valence electrons. The molecule has 0 atom stereocenters. The molecule has 1 heteroatoms. The van der Waals surface area contributed by atoms with Gasteiger partial charge in [0.05, 0.1) is 6.07 Å². The average Bonchev–Trinajstić information content (AvgIpc) is 2.00. The fraction of sp³-hybridized carbons (Fsp3) is 0.909. The van der Waals surface area contributed by atoms with Crippen LogP contribution in [0.5, 0.6) is 0 Å². The van der Waals surface area contributed by atoms with Crippen molar-refractivity contribution in [1.29, 1.82) is 5.26 Å². The van der Waals surface area contributed by atoms with Gasteiger partial charge in [-0.3, -0.25) is 0 Å². The largest absolute Gasteiger partial charge is 0.198 e. The molecule has 0 unspecified atom stereocenters. The summed E-state index contributed by atoms with van der Waals surface area (Å²) in [5.74, 6) is 0. The van der Waals surface area contributed by atoms with Crippen LogP contribution < -0.4 is 0 Å². The molecule has 1 saturated carbocycles. The zero-order chi connectivity index (χ0) is 9.24. The predicted molar refractivity (Wildman–Crippen MR) is 50.6 cm³/mol. The third-order valence-electron chi connectivity index (χ3n) is 3.61. The van der Waals surface area contributed by atoms with Gasteiger partial charge in [-0.15, -0.1) is 0 Å². The minimum atomic E-state index is 0.348. The van der Waals surface area contributed by atoms with Gasteiger partial charge in [0.1, 0.15) is 0 Å². The van der Waals surface area contributed by atoms with Gasteiger partial charge in [0, 0.05) is 6.42 Å². The first kappa shape index (κ1) is 9.58. The molecule has 1 fully saturated rings. The lowest BCUT2D eigenvalue weighted by molar-refractivity contribution is -0.0300. The first-order valence-corrected chi connectivity index (χ1v) is 4.97. The molecule has 0 aromatic carbocycles. The minimum Gasteiger partial charge on any atom is -0.198 e. The summed E-state index contributed by atoms with van der Waals surface area (Å²) >= 11 is 0. The third kappa shape index (κ3) is 1.48. The molecule has 0 aromatic rings.